The molecule has 3 rings (SSSR count). The van der Waals surface area contributed by atoms with Gasteiger partial charge >= 0.3 is 0 Å². The molecule has 1 aliphatic heterocycles. The molecule has 0 bridgehead atoms. The van der Waals surface area contributed by atoms with Crippen LogP contribution in [0.3, 0.4) is 0 Å². The van der Waals surface area contributed by atoms with Gasteiger partial charge in [-0.1, -0.05) is 24.3 Å². The molecule has 2 aromatic carbocycles. The Bertz CT molecular complexity index is 775. The van der Waals surface area contributed by atoms with Crippen LogP contribution in [0.2, 0.25) is 0 Å². The van der Waals surface area contributed by atoms with E-state index in [1.54, 1.807) is 14.2 Å². The van der Waals surface area contributed by atoms with Gasteiger partial charge in [-0.15, -0.1) is 0 Å². The summed E-state index contributed by atoms with van der Waals surface area (Å²) in [5, 5.41) is 2.95. The molecule has 0 spiro atoms. The van der Waals surface area contributed by atoms with E-state index in [9.17, 15) is 4.79 Å². The predicted octanol–water partition coefficient (Wildman–Crippen LogP) is 3.32. The molecule has 1 unspecified atom stereocenters. The summed E-state index contributed by atoms with van der Waals surface area (Å²) in [6.07, 6.45) is 2.28. The normalized spacial score (nSPS) is 16.2. The number of carbonyl (C=O) groups excluding carboxylic acids is 1. The number of ether oxygens (including phenoxy) is 3. The SMILES string of the molecule is COc1cccc(CN(CC(=O)Nc2ccccc2OC)CC2CCCO2)c1. The van der Waals surface area contributed by atoms with E-state index in [0.29, 0.717) is 18.0 Å². The second-order valence-electron chi connectivity index (χ2n) is 6.90. The van der Waals surface area contributed by atoms with Gasteiger partial charge in [0.1, 0.15) is 11.5 Å². The second kappa shape index (κ2) is 10.1. The maximum Gasteiger partial charge on any atom is 0.238 e. The number of anilines is 1. The average Bonchev–Trinajstić information content (AvgIpc) is 3.21. The van der Waals surface area contributed by atoms with E-state index in [4.69, 9.17) is 14.2 Å². The lowest BCUT2D eigenvalue weighted by molar-refractivity contribution is -0.117. The molecule has 1 atom stereocenters. The fraction of sp³-hybridized carbons (Fsp3) is 0.409. The number of hydrogen-bond acceptors (Lipinski definition) is 5. The Morgan fingerprint density at radius 2 is 2.04 bits per heavy atom. The van der Waals surface area contributed by atoms with Gasteiger partial charge < -0.3 is 19.5 Å². The summed E-state index contributed by atoms with van der Waals surface area (Å²) in [5.74, 6) is 1.38. The number of rotatable bonds is 9. The third-order valence-corrected chi connectivity index (χ3v) is 4.77. The molecule has 1 aliphatic rings. The highest BCUT2D eigenvalue weighted by atomic mass is 16.5. The number of nitrogens with zero attached hydrogens (tertiary/aromatic N) is 1. The molecule has 6 nitrogen and oxygen atoms in total. The Morgan fingerprint density at radius 3 is 2.79 bits per heavy atom. The Kier molecular flexibility index (Phi) is 7.28. The number of carbonyl (C=O) groups is 1. The molecule has 1 amide bonds. The van der Waals surface area contributed by atoms with Gasteiger partial charge in [0.25, 0.3) is 0 Å². The number of hydrogen-bond donors (Lipinski definition) is 1. The van der Waals surface area contributed by atoms with Gasteiger partial charge in [-0.3, -0.25) is 9.69 Å². The summed E-state index contributed by atoms with van der Waals surface area (Å²) >= 11 is 0. The first-order chi connectivity index (χ1) is 13.7. The number of para-hydroxylation sites is 2. The van der Waals surface area contributed by atoms with E-state index in [0.717, 1.165) is 37.3 Å². The molecule has 150 valence electrons. The first kappa shape index (κ1) is 20.2. The Hall–Kier alpha value is -2.57. The van der Waals surface area contributed by atoms with Crippen LogP contribution in [-0.2, 0) is 16.1 Å². The standard InChI is InChI=1S/C22H28N2O4/c1-26-18-8-5-7-17(13-18)14-24(15-19-9-6-12-28-19)16-22(25)23-20-10-3-4-11-21(20)27-2/h3-5,7-8,10-11,13,19H,6,9,12,14-16H2,1-2H3,(H,23,25). The smallest absolute Gasteiger partial charge is 0.238 e. The van der Waals surface area contributed by atoms with Gasteiger partial charge in [0.15, 0.2) is 0 Å². The van der Waals surface area contributed by atoms with Crippen LogP contribution >= 0.6 is 0 Å². The van der Waals surface area contributed by atoms with Gasteiger partial charge in [0, 0.05) is 19.7 Å². The highest BCUT2D eigenvalue weighted by Crippen LogP contribution is 2.23. The molecular formula is C22H28N2O4. The Labute approximate surface area is 166 Å². The van der Waals surface area contributed by atoms with Crippen LogP contribution in [0.4, 0.5) is 5.69 Å². The third-order valence-electron chi connectivity index (χ3n) is 4.77. The van der Waals surface area contributed by atoms with Crippen molar-refractivity contribution in [1.29, 1.82) is 0 Å². The van der Waals surface area contributed by atoms with Crippen molar-refractivity contribution in [1.82, 2.24) is 4.90 Å². The largest absolute Gasteiger partial charge is 0.497 e. The minimum Gasteiger partial charge on any atom is -0.497 e. The van der Waals surface area contributed by atoms with E-state index >= 15 is 0 Å². The van der Waals surface area contributed by atoms with Gasteiger partial charge in [-0.05, 0) is 42.7 Å². The maximum atomic E-state index is 12.7. The van der Waals surface area contributed by atoms with E-state index in [-0.39, 0.29) is 18.6 Å². The van der Waals surface area contributed by atoms with Gasteiger partial charge in [-0.25, -0.2) is 0 Å². The topological polar surface area (TPSA) is 60.0 Å². The van der Waals surface area contributed by atoms with Crippen LogP contribution in [-0.4, -0.2) is 50.8 Å². The van der Waals surface area contributed by atoms with E-state index in [1.165, 1.54) is 0 Å². The summed E-state index contributed by atoms with van der Waals surface area (Å²) in [4.78, 5) is 14.8. The Morgan fingerprint density at radius 1 is 1.18 bits per heavy atom. The van der Waals surface area contributed by atoms with Crippen LogP contribution in [0.5, 0.6) is 11.5 Å². The van der Waals surface area contributed by atoms with Crippen molar-refractivity contribution >= 4 is 11.6 Å². The number of nitrogens with one attached hydrogen (secondary N) is 1. The quantitative estimate of drug-likeness (QED) is 0.719. The van der Waals surface area contributed by atoms with Crippen molar-refractivity contribution < 1.29 is 19.0 Å². The summed E-state index contributed by atoms with van der Waals surface area (Å²) in [6.45, 7) is 2.44. The molecule has 1 heterocycles. The molecule has 1 fully saturated rings. The molecule has 0 radical (unpaired) electrons. The van der Waals surface area contributed by atoms with Gasteiger partial charge in [-0.2, -0.15) is 0 Å². The number of methoxy groups -OCH3 is 2. The number of benzene rings is 2. The van der Waals surface area contributed by atoms with E-state index < -0.39 is 0 Å². The van der Waals surface area contributed by atoms with Gasteiger partial charge in [0.05, 0.1) is 32.6 Å². The maximum absolute atomic E-state index is 12.7. The average molecular weight is 384 g/mol. The summed E-state index contributed by atoms with van der Waals surface area (Å²) < 4.78 is 16.4. The zero-order valence-corrected chi connectivity index (χ0v) is 16.5. The lowest BCUT2D eigenvalue weighted by Gasteiger charge is -2.25. The van der Waals surface area contributed by atoms with Crippen LogP contribution < -0.4 is 14.8 Å². The molecule has 0 aliphatic carbocycles. The van der Waals surface area contributed by atoms with Crippen molar-refractivity contribution in [3.05, 3.63) is 54.1 Å². The number of amides is 1. The van der Waals surface area contributed by atoms with Crippen LogP contribution in [0.1, 0.15) is 18.4 Å². The zero-order chi connectivity index (χ0) is 19.8. The first-order valence-electron chi connectivity index (χ1n) is 9.57. The van der Waals surface area contributed by atoms with Gasteiger partial charge in [0.2, 0.25) is 5.91 Å². The molecule has 6 heteroatoms. The highest BCUT2D eigenvalue weighted by molar-refractivity contribution is 5.93. The van der Waals surface area contributed by atoms with Crippen molar-refractivity contribution in [2.45, 2.75) is 25.5 Å². The first-order valence-corrected chi connectivity index (χ1v) is 9.57. The summed E-state index contributed by atoms with van der Waals surface area (Å²) in [6, 6.07) is 15.3. The minimum absolute atomic E-state index is 0.0783. The fourth-order valence-electron chi connectivity index (χ4n) is 3.43. The predicted molar refractivity (Wildman–Crippen MR) is 109 cm³/mol. The molecule has 2 aromatic rings. The molecular weight excluding hydrogens is 356 g/mol. The summed E-state index contributed by atoms with van der Waals surface area (Å²) in [7, 11) is 3.25. The second-order valence-corrected chi connectivity index (χ2v) is 6.90. The molecule has 0 saturated carbocycles. The highest BCUT2D eigenvalue weighted by Gasteiger charge is 2.21. The van der Waals surface area contributed by atoms with Crippen LogP contribution in [0.25, 0.3) is 0 Å². The molecule has 1 saturated heterocycles. The monoisotopic (exact) mass is 384 g/mol. The van der Waals surface area contributed by atoms with Crippen LogP contribution in [0, 0.1) is 0 Å². The van der Waals surface area contributed by atoms with Crippen molar-refractivity contribution in [3.63, 3.8) is 0 Å². The molecule has 28 heavy (non-hydrogen) atoms. The molecule has 0 aromatic heterocycles. The lowest BCUT2D eigenvalue weighted by Crippen LogP contribution is -2.38. The fourth-order valence-corrected chi connectivity index (χ4v) is 3.43. The van der Waals surface area contributed by atoms with Crippen molar-refractivity contribution in [3.8, 4) is 11.5 Å². The summed E-state index contributed by atoms with van der Waals surface area (Å²) in [5.41, 5.74) is 1.77. The lowest BCUT2D eigenvalue weighted by atomic mass is 10.1. The van der Waals surface area contributed by atoms with E-state index in [1.807, 2.05) is 48.5 Å². The Balaban J connectivity index is 1.67. The minimum atomic E-state index is -0.0783. The van der Waals surface area contributed by atoms with Crippen molar-refractivity contribution in [2.75, 3.05) is 39.2 Å². The van der Waals surface area contributed by atoms with E-state index in [2.05, 4.69) is 10.2 Å². The third kappa shape index (κ3) is 5.71. The zero-order valence-electron chi connectivity index (χ0n) is 16.5. The van der Waals surface area contributed by atoms with Crippen molar-refractivity contribution in [2.24, 2.45) is 0 Å². The molecule has 1 N–H and O–H groups in total. The van der Waals surface area contributed by atoms with Crippen LogP contribution in [0.15, 0.2) is 48.5 Å².